The highest BCUT2D eigenvalue weighted by molar-refractivity contribution is 4.96. The van der Waals surface area contributed by atoms with Crippen molar-refractivity contribution >= 4 is 0 Å². The molecule has 376 valence electrons. The number of rotatable bonds is 36. The van der Waals surface area contributed by atoms with Crippen LogP contribution in [0.2, 0.25) is 0 Å². The molecule has 21 nitrogen and oxygen atoms in total. The van der Waals surface area contributed by atoms with E-state index in [1.54, 1.807) is 12.4 Å². The number of nitrogens with zero attached hydrogens (tertiary/aromatic N) is 6. The summed E-state index contributed by atoms with van der Waals surface area (Å²) in [4.78, 5) is 0. The van der Waals surface area contributed by atoms with Crippen molar-refractivity contribution in [3.8, 4) is 0 Å². The Balaban J connectivity index is 1.30. The van der Waals surface area contributed by atoms with Crippen LogP contribution < -0.4 is 0 Å². The van der Waals surface area contributed by atoms with E-state index < -0.39 is 61.4 Å². The van der Waals surface area contributed by atoms with Crippen LogP contribution in [0.3, 0.4) is 0 Å². The zero-order valence-electron chi connectivity index (χ0n) is 39.1. The highest BCUT2D eigenvalue weighted by Gasteiger charge is 2.50. The second kappa shape index (κ2) is 31.7. The molecule has 2 aromatic heterocycles. The van der Waals surface area contributed by atoms with Gasteiger partial charge in [-0.05, 0) is 25.7 Å². The van der Waals surface area contributed by atoms with Gasteiger partial charge in [-0.3, -0.25) is 0 Å². The van der Waals surface area contributed by atoms with E-state index in [9.17, 15) is 30.6 Å². The summed E-state index contributed by atoms with van der Waals surface area (Å²) in [6.07, 6.45) is -0.592. The van der Waals surface area contributed by atoms with Crippen molar-refractivity contribution in [3.05, 3.63) is 23.8 Å². The van der Waals surface area contributed by atoms with E-state index in [1.165, 1.54) is 9.36 Å². The van der Waals surface area contributed by atoms with Crippen LogP contribution in [-0.4, -0.2) is 187 Å². The topological polar surface area (TPSA) is 266 Å². The van der Waals surface area contributed by atoms with E-state index in [-0.39, 0.29) is 38.5 Å². The smallest absolute Gasteiger partial charge is 0.189 e. The van der Waals surface area contributed by atoms with Crippen LogP contribution in [0.4, 0.5) is 0 Å². The molecule has 2 fully saturated rings. The van der Waals surface area contributed by atoms with Crippen molar-refractivity contribution in [2.24, 2.45) is 0 Å². The Morgan fingerprint density at radius 3 is 1.15 bits per heavy atom. The van der Waals surface area contributed by atoms with Crippen LogP contribution in [0.25, 0.3) is 0 Å². The molecular weight excluding hydrogens is 853 g/mol. The van der Waals surface area contributed by atoms with Gasteiger partial charge in [0.2, 0.25) is 0 Å². The molecule has 0 spiro atoms. The number of aliphatic hydroxyl groups is 6. The first kappa shape index (κ1) is 55.3. The molecule has 5 unspecified atom stereocenters. The molecule has 21 heteroatoms. The minimum atomic E-state index is -1.78. The summed E-state index contributed by atoms with van der Waals surface area (Å²) in [5, 5.41) is 81.9. The van der Waals surface area contributed by atoms with Gasteiger partial charge in [0.15, 0.2) is 12.6 Å². The molecule has 2 aliphatic heterocycles. The molecule has 4 heterocycles. The first-order chi connectivity index (χ1) is 31.6. The summed E-state index contributed by atoms with van der Waals surface area (Å²) in [5.41, 5.74) is 0.981. The van der Waals surface area contributed by atoms with Crippen molar-refractivity contribution in [1.29, 1.82) is 0 Å². The molecule has 0 radical (unpaired) electrons. The van der Waals surface area contributed by atoms with Gasteiger partial charge in [0.1, 0.15) is 72.4 Å². The molecule has 2 saturated heterocycles. The van der Waals surface area contributed by atoms with Crippen molar-refractivity contribution < 1.29 is 73.3 Å². The Hall–Kier alpha value is -2.32. The van der Waals surface area contributed by atoms with Gasteiger partial charge >= 0.3 is 0 Å². The van der Waals surface area contributed by atoms with Crippen molar-refractivity contribution in [2.45, 2.75) is 205 Å². The molecule has 0 aliphatic carbocycles. The lowest BCUT2D eigenvalue weighted by molar-refractivity contribution is -0.375. The lowest BCUT2D eigenvalue weighted by atomic mass is 9.97. The third-order valence-electron chi connectivity index (χ3n) is 11.2. The maximum atomic E-state index is 10.9. The number of hydrogen-bond acceptors (Lipinski definition) is 19. The maximum absolute atomic E-state index is 10.9. The second-order valence-corrected chi connectivity index (χ2v) is 17.0. The lowest BCUT2D eigenvalue weighted by Crippen LogP contribution is -2.63. The first-order valence-electron chi connectivity index (χ1n) is 23.9. The number of ether oxygens (including phenoxy) is 9. The predicted molar refractivity (Wildman–Crippen MR) is 233 cm³/mol. The second-order valence-electron chi connectivity index (χ2n) is 17.0. The van der Waals surface area contributed by atoms with E-state index in [2.05, 4.69) is 48.3 Å². The SMILES string of the molecule is CCCCCOCC(COCCCCC)OCc1cn(CC2O[C@H](O[C@H]3OC(Cn4cc(COC(COCCCCC)COCCCCC)nn4)[C@@H](O)[C@H](O)C3O)C(O)C(O)[C@@H]2O)nn1. The number of unbranched alkanes of at least 4 members (excludes halogenated alkanes) is 8. The summed E-state index contributed by atoms with van der Waals surface area (Å²) >= 11 is 0. The van der Waals surface area contributed by atoms with Crippen LogP contribution in [0.1, 0.15) is 116 Å². The van der Waals surface area contributed by atoms with Crippen molar-refractivity contribution in [1.82, 2.24) is 30.0 Å². The third-order valence-corrected chi connectivity index (χ3v) is 11.2. The van der Waals surface area contributed by atoms with Crippen LogP contribution in [0.5, 0.6) is 0 Å². The predicted octanol–water partition coefficient (Wildman–Crippen LogP) is 1.80. The van der Waals surface area contributed by atoms with E-state index in [4.69, 9.17) is 42.6 Å². The van der Waals surface area contributed by atoms with Gasteiger partial charge in [0.05, 0.1) is 65.1 Å². The number of hydrogen-bond donors (Lipinski definition) is 6. The Bertz CT molecular complexity index is 1360. The van der Waals surface area contributed by atoms with Gasteiger partial charge in [-0.1, -0.05) is 89.5 Å². The van der Waals surface area contributed by atoms with Crippen molar-refractivity contribution in [2.75, 3.05) is 52.9 Å². The van der Waals surface area contributed by atoms with E-state index in [0.717, 1.165) is 77.0 Å². The van der Waals surface area contributed by atoms with E-state index >= 15 is 0 Å². The normalized spacial score (nSPS) is 26.2. The van der Waals surface area contributed by atoms with Gasteiger partial charge < -0.3 is 73.3 Å². The fourth-order valence-corrected chi connectivity index (χ4v) is 7.22. The Morgan fingerprint density at radius 2 is 0.831 bits per heavy atom. The fraction of sp³-hybridized carbons (Fsp3) is 0.909. The Labute approximate surface area is 383 Å². The van der Waals surface area contributed by atoms with Gasteiger partial charge in [-0.15, -0.1) is 10.2 Å². The molecule has 0 bridgehead atoms. The third kappa shape index (κ3) is 19.7. The zero-order valence-corrected chi connectivity index (χ0v) is 39.1. The van der Waals surface area contributed by atoms with Crippen LogP contribution in [-0.2, 0) is 68.9 Å². The summed E-state index contributed by atoms with van der Waals surface area (Å²) in [6, 6.07) is 0. The van der Waals surface area contributed by atoms with E-state index in [0.29, 0.717) is 64.2 Å². The number of aromatic nitrogens is 6. The summed E-state index contributed by atoms with van der Waals surface area (Å²) < 4.78 is 56.0. The highest BCUT2D eigenvalue weighted by atomic mass is 16.8. The molecule has 65 heavy (non-hydrogen) atoms. The van der Waals surface area contributed by atoms with Crippen LogP contribution in [0.15, 0.2) is 12.4 Å². The van der Waals surface area contributed by atoms with Gasteiger partial charge in [0.25, 0.3) is 0 Å². The largest absolute Gasteiger partial charge is 0.388 e. The molecule has 0 saturated carbocycles. The Kier molecular flexibility index (Phi) is 26.9. The van der Waals surface area contributed by atoms with Crippen LogP contribution in [0, 0.1) is 0 Å². The summed E-state index contributed by atoms with van der Waals surface area (Å²) in [7, 11) is 0. The number of aliphatic hydroxyl groups excluding tert-OH is 6. The summed E-state index contributed by atoms with van der Waals surface area (Å²) in [6.45, 7) is 12.6. The highest BCUT2D eigenvalue weighted by Crippen LogP contribution is 2.29. The molecule has 10 atom stereocenters. The standard InChI is InChI=1S/C44H80N6O15/c1-5-9-13-17-57-27-33(28-58-18-14-10-6-2)61-25-31-21-49(47-45-31)23-35-37(51)39(53)41(55)43(63-35)65-44-42(56)40(54)38(52)36(64-44)24-50-22-32(46-48-50)26-62-34(29-59-19-15-11-7-3)30-60-20-16-12-8-4/h21-22,33-44,51-56H,5-20,23-30H2,1-4H3/t35?,36?,37-,38-,39+,40?,41?,42?,43-,44-/m1/s1. The average molecular weight is 933 g/mol. The molecule has 2 aliphatic rings. The fourth-order valence-electron chi connectivity index (χ4n) is 7.22. The van der Waals surface area contributed by atoms with Crippen LogP contribution >= 0.6 is 0 Å². The molecule has 0 amide bonds. The Morgan fingerprint density at radius 1 is 0.492 bits per heavy atom. The van der Waals surface area contributed by atoms with Gasteiger partial charge in [-0.25, -0.2) is 9.36 Å². The molecule has 2 aromatic rings. The molecule has 0 aromatic carbocycles. The van der Waals surface area contributed by atoms with Crippen molar-refractivity contribution in [3.63, 3.8) is 0 Å². The van der Waals surface area contributed by atoms with Gasteiger partial charge in [0, 0.05) is 26.4 Å². The maximum Gasteiger partial charge on any atom is 0.189 e. The molecule has 6 N–H and O–H groups in total. The lowest BCUT2D eigenvalue weighted by Gasteiger charge is -2.45. The van der Waals surface area contributed by atoms with Gasteiger partial charge in [-0.2, -0.15) is 0 Å². The minimum absolute atomic E-state index is 0.113. The monoisotopic (exact) mass is 933 g/mol. The minimum Gasteiger partial charge on any atom is -0.388 e. The molecule has 4 rings (SSSR count). The average Bonchev–Trinajstić information content (AvgIpc) is 3.96. The summed E-state index contributed by atoms with van der Waals surface area (Å²) in [5.74, 6) is 0. The molecular formula is C44H80N6O15. The zero-order chi connectivity index (χ0) is 46.8. The van der Waals surface area contributed by atoms with E-state index in [1.807, 2.05) is 0 Å². The quantitative estimate of drug-likeness (QED) is 0.0532. The first-order valence-corrected chi connectivity index (χ1v) is 23.9.